The van der Waals surface area contributed by atoms with Crippen LogP contribution in [0.5, 0.6) is 11.5 Å². The lowest BCUT2D eigenvalue weighted by Crippen LogP contribution is -2.34. The van der Waals surface area contributed by atoms with Crippen molar-refractivity contribution < 1.29 is 9.47 Å². The number of nitrogens with one attached hydrogen (secondary N) is 2. The first kappa shape index (κ1) is 23.3. The maximum Gasteiger partial charge on any atom is 0.195 e. The summed E-state index contributed by atoms with van der Waals surface area (Å²) in [4.78, 5) is 7.20. The third kappa shape index (κ3) is 6.50. The van der Waals surface area contributed by atoms with E-state index in [1.54, 1.807) is 14.2 Å². The number of aliphatic imine (C=N–C) groups is 1. The first-order valence-electron chi connectivity index (χ1n) is 9.80. The second kappa shape index (κ2) is 11.9. The number of nitrogens with zero attached hydrogens (tertiary/aromatic N) is 2. The Morgan fingerprint density at radius 1 is 1.07 bits per heavy atom. The largest absolute Gasteiger partial charge is 0.493 e. The zero-order chi connectivity index (χ0) is 19.8. The molecule has 0 unspecified atom stereocenters. The number of hydrogen-bond acceptors (Lipinski definition) is 4. The molecule has 0 spiro atoms. The monoisotopic (exact) mass is 510 g/mol. The molecule has 1 aliphatic heterocycles. The minimum absolute atomic E-state index is 0. The van der Waals surface area contributed by atoms with Crippen molar-refractivity contribution in [1.82, 2.24) is 10.2 Å². The Balaban J connectivity index is 0.00000300. The van der Waals surface area contributed by atoms with E-state index in [0.29, 0.717) is 11.5 Å². The SMILES string of the molecule is CCNC(=NCCN1CCc2ccccc2C1)Nc1ccc(OC)c(OC)c1.I. The molecule has 2 aromatic carbocycles. The minimum atomic E-state index is 0. The summed E-state index contributed by atoms with van der Waals surface area (Å²) in [5.41, 5.74) is 3.82. The van der Waals surface area contributed by atoms with Crippen LogP contribution in [0.1, 0.15) is 18.1 Å². The number of methoxy groups -OCH3 is 2. The van der Waals surface area contributed by atoms with E-state index in [9.17, 15) is 0 Å². The van der Waals surface area contributed by atoms with Crippen LogP contribution < -0.4 is 20.1 Å². The smallest absolute Gasteiger partial charge is 0.195 e. The summed E-state index contributed by atoms with van der Waals surface area (Å²) in [5.74, 6) is 2.17. The predicted molar refractivity (Wildman–Crippen MR) is 130 cm³/mol. The molecule has 0 aliphatic carbocycles. The highest BCUT2D eigenvalue weighted by Gasteiger charge is 2.15. The van der Waals surface area contributed by atoms with Gasteiger partial charge < -0.3 is 20.1 Å². The number of rotatable bonds is 7. The maximum absolute atomic E-state index is 5.38. The standard InChI is InChI=1S/C22H30N4O2.HI/c1-4-23-22(25-19-9-10-20(27-2)21(15-19)28-3)24-12-14-26-13-11-17-7-5-6-8-18(17)16-26;/h5-10,15H,4,11-14,16H2,1-3H3,(H2,23,24,25);1H. The zero-order valence-corrected chi connectivity index (χ0v) is 19.7. The quantitative estimate of drug-likeness (QED) is 0.338. The molecule has 3 rings (SSSR count). The molecular formula is C22H31IN4O2. The lowest BCUT2D eigenvalue weighted by Gasteiger charge is -2.28. The Morgan fingerprint density at radius 2 is 1.83 bits per heavy atom. The second-order valence-electron chi connectivity index (χ2n) is 6.75. The fourth-order valence-corrected chi connectivity index (χ4v) is 3.41. The van der Waals surface area contributed by atoms with Gasteiger partial charge in [0.25, 0.3) is 0 Å². The van der Waals surface area contributed by atoms with Crippen molar-refractivity contribution in [2.24, 2.45) is 4.99 Å². The molecule has 0 saturated heterocycles. The van der Waals surface area contributed by atoms with Crippen molar-refractivity contribution in [3.05, 3.63) is 53.6 Å². The highest BCUT2D eigenvalue weighted by Crippen LogP contribution is 2.29. The van der Waals surface area contributed by atoms with Crippen molar-refractivity contribution in [3.63, 3.8) is 0 Å². The molecule has 2 N–H and O–H groups in total. The molecule has 6 nitrogen and oxygen atoms in total. The number of halogens is 1. The maximum atomic E-state index is 5.38. The third-order valence-electron chi connectivity index (χ3n) is 4.89. The molecule has 1 aliphatic rings. The first-order valence-corrected chi connectivity index (χ1v) is 9.80. The van der Waals surface area contributed by atoms with Crippen LogP contribution in [0, 0.1) is 0 Å². The second-order valence-corrected chi connectivity index (χ2v) is 6.75. The van der Waals surface area contributed by atoms with Crippen molar-refractivity contribution >= 4 is 35.6 Å². The molecule has 1 heterocycles. The van der Waals surface area contributed by atoms with E-state index in [4.69, 9.17) is 14.5 Å². The first-order chi connectivity index (χ1) is 13.7. The normalized spacial score (nSPS) is 13.8. The summed E-state index contributed by atoms with van der Waals surface area (Å²) >= 11 is 0. The Kier molecular flexibility index (Phi) is 9.53. The van der Waals surface area contributed by atoms with E-state index in [1.807, 2.05) is 18.2 Å². The van der Waals surface area contributed by atoms with Gasteiger partial charge in [-0.15, -0.1) is 24.0 Å². The average molecular weight is 510 g/mol. The van der Waals surface area contributed by atoms with Crippen LogP contribution in [-0.4, -0.2) is 51.3 Å². The number of benzene rings is 2. The van der Waals surface area contributed by atoms with Crippen LogP contribution in [0.2, 0.25) is 0 Å². The van der Waals surface area contributed by atoms with Gasteiger partial charge in [-0.3, -0.25) is 9.89 Å². The van der Waals surface area contributed by atoms with Gasteiger partial charge >= 0.3 is 0 Å². The number of guanidine groups is 1. The zero-order valence-electron chi connectivity index (χ0n) is 17.4. The van der Waals surface area contributed by atoms with E-state index in [-0.39, 0.29) is 24.0 Å². The van der Waals surface area contributed by atoms with Crippen LogP contribution in [-0.2, 0) is 13.0 Å². The average Bonchev–Trinajstić information content (AvgIpc) is 2.73. The molecule has 0 atom stereocenters. The van der Waals surface area contributed by atoms with Gasteiger partial charge in [-0.1, -0.05) is 24.3 Å². The lowest BCUT2D eigenvalue weighted by atomic mass is 10.0. The summed E-state index contributed by atoms with van der Waals surface area (Å²) in [7, 11) is 3.27. The highest BCUT2D eigenvalue weighted by molar-refractivity contribution is 14.0. The Hall–Kier alpha value is -2.00. The van der Waals surface area contributed by atoms with Crippen LogP contribution in [0.4, 0.5) is 5.69 Å². The molecular weight excluding hydrogens is 479 g/mol. The molecule has 2 aromatic rings. The number of ether oxygens (including phenoxy) is 2. The van der Waals surface area contributed by atoms with Gasteiger partial charge in [0.05, 0.1) is 20.8 Å². The molecule has 0 aromatic heterocycles. The summed E-state index contributed by atoms with van der Waals surface area (Å²) < 4.78 is 10.7. The Bertz CT molecular complexity index is 813. The number of hydrogen-bond donors (Lipinski definition) is 2. The van der Waals surface area contributed by atoms with Crippen molar-refractivity contribution in [2.45, 2.75) is 19.9 Å². The molecule has 7 heteroatoms. The molecule has 0 amide bonds. The lowest BCUT2D eigenvalue weighted by molar-refractivity contribution is 0.261. The number of fused-ring (bicyclic) bond motifs is 1. The predicted octanol–water partition coefficient (Wildman–Crippen LogP) is 3.76. The fraction of sp³-hybridized carbons (Fsp3) is 0.409. The molecule has 29 heavy (non-hydrogen) atoms. The van der Waals surface area contributed by atoms with Crippen LogP contribution in [0.15, 0.2) is 47.5 Å². The van der Waals surface area contributed by atoms with Gasteiger partial charge in [0.2, 0.25) is 0 Å². The van der Waals surface area contributed by atoms with E-state index < -0.39 is 0 Å². The van der Waals surface area contributed by atoms with Gasteiger partial charge in [0, 0.05) is 37.9 Å². The van der Waals surface area contributed by atoms with Crippen molar-refractivity contribution in [2.75, 3.05) is 45.7 Å². The Morgan fingerprint density at radius 3 is 2.55 bits per heavy atom. The Labute approximate surface area is 190 Å². The minimum Gasteiger partial charge on any atom is -0.493 e. The van der Waals surface area contributed by atoms with Crippen LogP contribution >= 0.6 is 24.0 Å². The molecule has 0 radical (unpaired) electrons. The summed E-state index contributed by atoms with van der Waals surface area (Å²) in [6.07, 6.45) is 1.11. The topological polar surface area (TPSA) is 58.1 Å². The van der Waals surface area contributed by atoms with Gasteiger partial charge in [-0.2, -0.15) is 0 Å². The number of anilines is 1. The molecule has 0 fully saturated rings. The van der Waals surface area contributed by atoms with E-state index in [0.717, 1.165) is 50.8 Å². The summed E-state index contributed by atoms with van der Waals surface area (Å²) in [6.45, 7) is 6.64. The van der Waals surface area contributed by atoms with Gasteiger partial charge in [0.15, 0.2) is 17.5 Å². The van der Waals surface area contributed by atoms with Crippen molar-refractivity contribution in [1.29, 1.82) is 0 Å². The van der Waals surface area contributed by atoms with E-state index in [2.05, 4.69) is 46.7 Å². The third-order valence-corrected chi connectivity index (χ3v) is 4.89. The van der Waals surface area contributed by atoms with Crippen LogP contribution in [0.25, 0.3) is 0 Å². The van der Waals surface area contributed by atoms with Crippen LogP contribution in [0.3, 0.4) is 0 Å². The molecule has 158 valence electrons. The van der Waals surface area contributed by atoms with E-state index in [1.165, 1.54) is 11.1 Å². The molecule has 0 saturated carbocycles. The van der Waals surface area contributed by atoms with Gasteiger partial charge in [-0.05, 0) is 36.6 Å². The summed E-state index contributed by atoms with van der Waals surface area (Å²) in [5, 5.41) is 6.64. The molecule has 0 bridgehead atoms. The van der Waals surface area contributed by atoms with E-state index >= 15 is 0 Å². The van der Waals surface area contributed by atoms with Crippen molar-refractivity contribution in [3.8, 4) is 11.5 Å². The van der Waals surface area contributed by atoms with Gasteiger partial charge in [-0.25, -0.2) is 0 Å². The fourth-order valence-electron chi connectivity index (χ4n) is 3.41. The van der Waals surface area contributed by atoms with Gasteiger partial charge in [0.1, 0.15) is 0 Å². The highest BCUT2D eigenvalue weighted by atomic mass is 127. The summed E-state index contributed by atoms with van der Waals surface area (Å²) in [6, 6.07) is 14.5.